The van der Waals surface area contributed by atoms with E-state index in [-0.39, 0.29) is 11.7 Å². The summed E-state index contributed by atoms with van der Waals surface area (Å²) in [4.78, 5) is 12.0. The maximum absolute atomic E-state index is 12.0. The fraction of sp³-hybridized carbons (Fsp3) is 0.667. The van der Waals surface area contributed by atoms with E-state index in [0.717, 1.165) is 0 Å². The van der Waals surface area contributed by atoms with Crippen LogP contribution in [-0.4, -0.2) is 54.3 Å². The Hall–Kier alpha value is -0.960. The molecule has 0 spiro atoms. The molecule has 0 saturated carbocycles. The number of aliphatic hydroxyl groups excluding tert-OH is 1. The van der Waals surface area contributed by atoms with Crippen molar-refractivity contribution in [3.8, 4) is 0 Å². The molecule has 114 valence electrons. The van der Waals surface area contributed by atoms with E-state index in [9.17, 15) is 4.79 Å². The standard InChI is InChI=1S/C12H21BrN4O3/c1-9(18)7-14-3-4-15-10-8-16-17(5-6-20-2)12(19)11(10)13/h8-9,14-15,18H,3-7H2,1-2H3. The highest BCUT2D eigenvalue weighted by atomic mass is 79.9. The third kappa shape index (κ3) is 5.58. The Morgan fingerprint density at radius 3 is 2.95 bits per heavy atom. The number of halogens is 1. The third-order valence-corrected chi connectivity index (χ3v) is 3.32. The second kappa shape index (κ2) is 9.06. The minimum Gasteiger partial charge on any atom is -0.392 e. The van der Waals surface area contributed by atoms with Gasteiger partial charge in [-0.25, -0.2) is 4.68 Å². The molecule has 0 bridgehead atoms. The van der Waals surface area contributed by atoms with Crippen molar-refractivity contribution in [2.75, 3.05) is 38.7 Å². The lowest BCUT2D eigenvalue weighted by atomic mass is 10.4. The molecule has 1 atom stereocenters. The van der Waals surface area contributed by atoms with Gasteiger partial charge in [0.05, 0.1) is 31.1 Å². The Balaban J connectivity index is 2.51. The lowest BCUT2D eigenvalue weighted by Crippen LogP contribution is -2.30. The fourth-order valence-electron chi connectivity index (χ4n) is 1.52. The lowest BCUT2D eigenvalue weighted by Gasteiger charge is -2.11. The van der Waals surface area contributed by atoms with Crippen molar-refractivity contribution >= 4 is 21.6 Å². The molecule has 1 heterocycles. The molecule has 3 N–H and O–H groups in total. The topological polar surface area (TPSA) is 88.4 Å². The van der Waals surface area contributed by atoms with Crippen molar-refractivity contribution in [2.45, 2.75) is 19.6 Å². The van der Waals surface area contributed by atoms with Crippen LogP contribution < -0.4 is 16.2 Å². The molecular weight excluding hydrogens is 328 g/mol. The predicted octanol–water partition coefficient (Wildman–Crippen LogP) is 0.0345. The van der Waals surface area contributed by atoms with Crippen LogP contribution in [0.4, 0.5) is 5.69 Å². The summed E-state index contributed by atoms with van der Waals surface area (Å²) in [5.74, 6) is 0. The smallest absolute Gasteiger partial charge is 0.283 e. The van der Waals surface area contributed by atoms with Crippen molar-refractivity contribution in [1.29, 1.82) is 0 Å². The van der Waals surface area contributed by atoms with E-state index in [1.807, 2.05) is 0 Å². The molecule has 0 fully saturated rings. The molecule has 0 saturated heterocycles. The van der Waals surface area contributed by atoms with Gasteiger partial charge in [-0.15, -0.1) is 0 Å². The number of nitrogens with one attached hydrogen (secondary N) is 2. The molecule has 1 aromatic heterocycles. The summed E-state index contributed by atoms with van der Waals surface area (Å²) in [6.45, 7) is 4.44. The molecule has 0 aliphatic heterocycles. The van der Waals surface area contributed by atoms with Gasteiger partial charge >= 0.3 is 0 Å². The van der Waals surface area contributed by atoms with Crippen LogP contribution in [0.2, 0.25) is 0 Å². The highest BCUT2D eigenvalue weighted by Gasteiger charge is 2.08. The zero-order chi connectivity index (χ0) is 15.0. The first kappa shape index (κ1) is 17.1. The number of nitrogens with zero attached hydrogens (tertiary/aromatic N) is 2. The minimum atomic E-state index is -0.367. The number of hydrogen-bond donors (Lipinski definition) is 3. The summed E-state index contributed by atoms with van der Waals surface area (Å²) in [6.07, 6.45) is 1.24. The molecule has 0 aromatic carbocycles. The van der Waals surface area contributed by atoms with Crippen molar-refractivity contribution < 1.29 is 9.84 Å². The zero-order valence-corrected chi connectivity index (χ0v) is 13.3. The second-order valence-electron chi connectivity index (χ2n) is 4.37. The van der Waals surface area contributed by atoms with Gasteiger partial charge in [0.15, 0.2) is 0 Å². The maximum Gasteiger partial charge on any atom is 0.283 e. The van der Waals surface area contributed by atoms with Crippen molar-refractivity contribution in [3.05, 3.63) is 21.0 Å². The van der Waals surface area contributed by atoms with Gasteiger partial charge in [-0.3, -0.25) is 4.79 Å². The Bertz CT molecular complexity index is 465. The predicted molar refractivity (Wildman–Crippen MR) is 81.1 cm³/mol. The van der Waals surface area contributed by atoms with Crippen molar-refractivity contribution in [2.24, 2.45) is 0 Å². The van der Waals surface area contributed by atoms with E-state index in [1.54, 1.807) is 20.2 Å². The first-order valence-corrected chi connectivity index (χ1v) is 7.22. The van der Waals surface area contributed by atoms with E-state index in [4.69, 9.17) is 9.84 Å². The summed E-state index contributed by atoms with van der Waals surface area (Å²) < 4.78 is 6.73. The number of hydrogen-bond acceptors (Lipinski definition) is 6. The highest BCUT2D eigenvalue weighted by Crippen LogP contribution is 2.15. The molecule has 0 amide bonds. The number of aliphatic hydroxyl groups is 1. The summed E-state index contributed by atoms with van der Waals surface area (Å²) in [7, 11) is 1.58. The van der Waals surface area contributed by atoms with Crippen LogP contribution in [0.5, 0.6) is 0 Å². The van der Waals surface area contributed by atoms with E-state index in [2.05, 4.69) is 31.7 Å². The van der Waals surface area contributed by atoms with Gasteiger partial charge in [-0.1, -0.05) is 0 Å². The van der Waals surface area contributed by atoms with Gasteiger partial charge in [0, 0.05) is 26.7 Å². The van der Waals surface area contributed by atoms with E-state index in [0.29, 0.717) is 42.9 Å². The summed E-state index contributed by atoms with van der Waals surface area (Å²) >= 11 is 3.28. The largest absolute Gasteiger partial charge is 0.392 e. The molecule has 0 radical (unpaired) electrons. The lowest BCUT2D eigenvalue weighted by molar-refractivity contribution is 0.181. The Morgan fingerprint density at radius 1 is 1.55 bits per heavy atom. The monoisotopic (exact) mass is 348 g/mol. The van der Waals surface area contributed by atoms with Crippen LogP contribution in [0.15, 0.2) is 15.5 Å². The quantitative estimate of drug-likeness (QED) is 0.546. The number of rotatable bonds is 9. The van der Waals surface area contributed by atoms with Gasteiger partial charge in [0.25, 0.3) is 5.56 Å². The van der Waals surface area contributed by atoms with Crippen LogP contribution >= 0.6 is 15.9 Å². The van der Waals surface area contributed by atoms with Crippen LogP contribution in [-0.2, 0) is 11.3 Å². The number of methoxy groups -OCH3 is 1. The van der Waals surface area contributed by atoms with Crippen LogP contribution in [0.1, 0.15) is 6.92 Å². The van der Waals surface area contributed by atoms with Gasteiger partial charge in [-0.05, 0) is 22.9 Å². The number of anilines is 1. The van der Waals surface area contributed by atoms with Crippen LogP contribution in [0.3, 0.4) is 0 Å². The minimum absolute atomic E-state index is 0.191. The third-order valence-electron chi connectivity index (χ3n) is 2.55. The molecule has 0 aliphatic carbocycles. The molecule has 7 nitrogen and oxygen atoms in total. The fourth-order valence-corrected chi connectivity index (χ4v) is 1.97. The molecule has 1 unspecified atom stereocenters. The molecule has 1 rings (SSSR count). The zero-order valence-electron chi connectivity index (χ0n) is 11.7. The van der Waals surface area contributed by atoms with Crippen molar-refractivity contribution in [1.82, 2.24) is 15.1 Å². The van der Waals surface area contributed by atoms with Crippen molar-refractivity contribution in [3.63, 3.8) is 0 Å². The summed E-state index contributed by atoms with van der Waals surface area (Å²) in [5, 5.41) is 19.4. The van der Waals surface area contributed by atoms with Crippen LogP contribution in [0.25, 0.3) is 0 Å². The number of ether oxygens (including phenoxy) is 1. The Morgan fingerprint density at radius 2 is 2.30 bits per heavy atom. The van der Waals surface area contributed by atoms with Gasteiger partial charge < -0.3 is 20.5 Å². The normalized spacial score (nSPS) is 12.4. The van der Waals surface area contributed by atoms with E-state index >= 15 is 0 Å². The number of aromatic nitrogens is 2. The highest BCUT2D eigenvalue weighted by molar-refractivity contribution is 9.10. The van der Waals surface area contributed by atoms with Gasteiger partial charge in [0.1, 0.15) is 4.47 Å². The molecule has 20 heavy (non-hydrogen) atoms. The van der Waals surface area contributed by atoms with Crippen LogP contribution in [0, 0.1) is 0 Å². The first-order chi connectivity index (χ1) is 9.56. The molecular formula is C12H21BrN4O3. The Labute approximate surface area is 126 Å². The maximum atomic E-state index is 12.0. The molecule has 8 heteroatoms. The van der Waals surface area contributed by atoms with E-state index in [1.165, 1.54) is 4.68 Å². The Kier molecular flexibility index (Phi) is 7.75. The first-order valence-electron chi connectivity index (χ1n) is 6.43. The van der Waals surface area contributed by atoms with E-state index < -0.39 is 0 Å². The summed E-state index contributed by atoms with van der Waals surface area (Å²) in [5.41, 5.74) is 0.464. The average molecular weight is 349 g/mol. The molecule has 0 aliphatic rings. The van der Waals surface area contributed by atoms with Gasteiger partial charge in [-0.2, -0.15) is 5.10 Å². The average Bonchev–Trinajstić information content (AvgIpc) is 2.41. The molecule has 1 aromatic rings. The van der Waals surface area contributed by atoms with Gasteiger partial charge in [0.2, 0.25) is 0 Å². The second-order valence-corrected chi connectivity index (χ2v) is 5.17. The SMILES string of the molecule is COCCn1ncc(NCCNCC(C)O)c(Br)c1=O. The summed E-state index contributed by atoms with van der Waals surface area (Å²) in [6, 6.07) is 0.